The third kappa shape index (κ3) is 5.70. The van der Waals surface area contributed by atoms with Gasteiger partial charge in [-0.25, -0.2) is 0 Å². The molecule has 146 valence electrons. The molecule has 0 bridgehead atoms. The second-order valence-electron chi connectivity index (χ2n) is 8.68. The minimum absolute atomic E-state index is 0.201. The van der Waals surface area contributed by atoms with E-state index in [1.165, 1.54) is 44.5 Å². The molecule has 1 aromatic rings. The van der Waals surface area contributed by atoms with Crippen LogP contribution >= 0.6 is 0 Å². The van der Waals surface area contributed by atoms with Crippen molar-refractivity contribution in [1.82, 2.24) is 9.80 Å². The van der Waals surface area contributed by atoms with Crippen molar-refractivity contribution in [3.63, 3.8) is 0 Å². The Balaban J connectivity index is 1.27. The van der Waals surface area contributed by atoms with Gasteiger partial charge in [0, 0.05) is 32.8 Å². The second-order valence-corrected chi connectivity index (χ2v) is 8.68. The number of rotatable bonds is 7. The number of ether oxygens (including phenoxy) is 2. The molecule has 2 saturated heterocycles. The largest absolute Gasteiger partial charge is 0.494 e. The first-order chi connectivity index (χ1) is 12.5. The van der Waals surface area contributed by atoms with Gasteiger partial charge >= 0.3 is 0 Å². The van der Waals surface area contributed by atoms with E-state index < -0.39 is 0 Å². The summed E-state index contributed by atoms with van der Waals surface area (Å²) in [6, 6.07) is 8.57. The Morgan fingerprint density at radius 1 is 1.04 bits per heavy atom. The predicted octanol–water partition coefficient (Wildman–Crippen LogP) is 3.90. The standard InChI is InChI=1S/C22H36N2O2/c1-22(2,3)19-8-10-20(11-9-19)25-17-5-4-12-23-13-15-24(16-14-23)21-7-6-18-26-21/h8-11,21H,4-7,12-18H2,1-3H3. The van der Waals surface area contributed by atoms with Gasteiger partial charge < -0.3 is 14.4 Å². The summed E-state index contributed by atoms with van der Waals surface area (Å²) in [5.41, 5.74) is 1.55. The Kier molecular flexibility index (Phi) is 6.96. The minimum Gasteiger partial charge on any atom is -0.494 e. The number of benzene rings is 1. The molecule has 2 fully saturated rings. The van der Waals surface area contributed by atoms with Crippen molar-refractivity contribution in [2.45, 2.75) is 58.1 Å². The lowest BCUT2D eigenvalue weighted by Crippen LogP contribution is -2.50. The monoisotopic (exact) mass is 360 g/mol. The fraction of sp³-hybridized carbons (Fsp3) is 0.727. The number of piperazine rings is 1. The van der Waals surface area contributed by atoms with Crippen LogP contribution in [0.5, 0.6) is 5.75 Å². The predicted molar refractivity (Wildman–Crippen MR) is 107 cm³/mol. The highest BCUT2D eigenvalue weighted by molar-refractivity contribution is 5.31. The van der Waals surface area contributed by atoms with E-state index in [9.17, 15) is 0 Å². The van der Waals surface area contributed by atoms with Gasteiger partial charge in [-0.15, -0.1) is 0 Å². The molecule has 0 spiro atoms. The smallest absolute Gasteiger partial charge is 0.119 e. The molecule has 26 heavy (non-hydrogen) atoms. The lowest BCUT2D eigenvalue weighted by atomic mass is 9.87. The summed E-state index contributed by atoms with van der Waals surface area (Å²) in [4.78, 5) is 5.11. The summed E-state index contributed by atoms with van der Waals surface area (Å²) < 4.78 is 11.7. The van der Waals surface area contributed by atoms with Crippen LogP contribution in [0.15, 0.2) is 24.3 Å². The van der Waals surface area contributed by atoms with Gasteiger partial charge in [0.2, 0.25) is 0 Å². The van der Waals surface area contributed by atoms with Crippen molar-refractivity contribution < 1.29 is 9.47 Å². The molecule has 4 heteroatoms. The minimum atomic E-state index is 0.201. The van der Waals surface area contributed by atoms with Crippen LogP contribution in [0.1, 0.15) is 52.0 Å². The Bertz CT molecular complexity index is 524. The fourth-order valence-corrected chi connectivity index (χ4v) is 3.80. The molecular weight excluding hydrogens is 324 g/mol. The third-order valence-corrected chi connectivity index (χ3v) is 5.58. The molecule has 1 atom stereocenters. The Hall–Kier alpha value is -1.10. The zero-order valence-corrected chi connectivity index (χ0v) is 16.9. The molecule has 2 aliphatic heterocycles. The highest BCUT2D eigenvalue weighted by Crippen LogP contribution is 2.24. The Labute approximate surface area is 159 Å². The summed E-state index contributed by atoms with van der Waals surface area (Å²) in [7, 11) is 0. The first kappa shape index (κ1) is 19.7. The molecule has 4 nitrogen and oxygen atoms in total. The quantitative estimate of drug-likeness (QED) is 0.689. The summed E-state index contributed by atoms with van der Waals surface area (Å²) in [6.07, 6.45) is 5.17. The third-order valence-electron chi connectivity index (χ3n) is 5.58. The Morgan fingerprint density at radius 3 is 2.38 bits per heavy atom. The van der Waals surface area contributed by atoms with E-state index in [0.29, 0.717) is 6.23 Å². The van der Waals surface area contributed by atoms with Crippen molar-refractivity contribution in [2.24, 2.45) is 0 Å². The molecule has 0 aliphatic carbocycles. The van der Waals surface area contributed by atoms with Crippen LogP contribution in [0, 0.1) is 0 Å². The van der Waals surface area contributed by atoms with Gasteiger partial charge in [0.25, 0.3) is 0 Å². The van der Waals surface area contributed by atoms with Gasteiger partial charge in [0.1, 0.15) is 12.0 Å². The zero-order valence-electron chi connectivity index (χ0n) is 16.9. The maximum absolute atomic E-state index is 5.90. The first-order valence-electron chi connectivity index (χ1n) is 10.3. The van der Waals surface area contributed by atoms with Gasteiger partial charge in [-0.3, -0.25) is 4.90 Å². The number of hydrogen-bond acceptors (Lipinski definition) is 4. The Morgan fingerprint density at radius 2 is 1.77 bits per heavy atom. The van der Waals surface area contributed by atoms with Crippen LogP contribution < -0.4 is 4.74 Å². The van der Waals surface area contributed by atoms with Crippen LogP contribution in [-0.4, -0.2) is 62.0 Å². The van der Waals surface area contributed by atoms with Gasteiger partial charge in [-0.1, -0.05) is 32.9 Å². The first-order valence-corrected chi connectivity index (χ1v) is 10.3. The molecule has 2 heterocycles. The number of hydrogen-bond donors (Lipinski definition) is 0. The lowest BCUT2D eigenvalue weighted by molar-refractivity contribution is -0.0422. The van der Waals surface area contributed by atoms with Crippen LogP contribution in [0.3, 0.4) is 0 Å². The van der Waals surface area contributed by atoms with Gasteiger partial charge in [-0.2, -0.15) is 0 Å². The van der Waals surface area contributed by atoms with Gasteiger partial charge in [0.15, 0.2) is 0 Å². The molecular formula is C22H36N2O2. The van der Waals surface area contributed by atoms with Gasteiger partial charge in [0.05, 0.1) is 6.61 Å². The van der Waals surface area contributed by atoms with Crippen molar-refractivity contribution in [3.8, 4) is 5.75 Å². The van der Waals surface area contributed by atoms with Crippen molar-refractivity contribution in [2.75, 3.05) is 45.9 Å². The normalized spacial score (nSPS) is 22.7. The maximum Gasteiger partial charge on any atom is 0.119 e. The fourth-order valence-electron chi connectivity index (χ4n) is 3.80. The maximum atomic E-state index is 5.90. The van der Waals surface area contributed by atoms with E-state index >= 15 is 0 Å². The average molecular weight is 361 g/mol. The van der Waals surface area contributed by atoms with Crippen LogP contribution in [0.25, 0.3) is 0 Å². The van der Waals surface area contributed by atoms with Gasteiger partial charge in [-0.05, 0) is 55.3 Å². The number of nitrogens with zero attached hydrogens (tertiary/aromatic N) is 2. The molecule has 1 unspecified atom stereocenters. The van der Waals surface area contributed by atoms with Crippen LogP contribution in [0.4, 0.5) is 0 Å². The van der Waals surface area contributed by atoms with Crippen LogP contribution in [0.2, 0.25) is 0 Å². The highest BCUT2D eigenvalue weighted by Gasteiger charge is 2.26. The van der Waals surface area contributed by atoms with E-state index in [-0.39, 0.29) is 5.41 Å². The average Bonchev–Trinajstić information content (AvgIpc) is 3.16. The molecule has 0 aromatic heterocycles. The number of unbranched alkanes of at least 4 members (excludes halogenated alkanes) is 1. The summed E-state index contributed by atoms with van der Waals surface area (Å²) in [5, 5.41) is 0. The molecule has 0 radical (unpaired) electrons. The second kappa shape index (κ2) is 9.20. The lowest BCUT2D eigenvalue weighted by Gasteiger charge is -2.37. The van der Waals surface area contributed by atoms with Crippen molar-refractivity contribution in [3.05, 3.63) is 29.8 Å². The van der Waals surface area contributed by atoms with Crippen LogP contribution in [-0.2, 0) is 10.2 Å². The highest BCUT2D eigenvalue weighted by atomic mass is 16.5. The van der Waals surface area contributed by atoms with E-state index in [2.05, 4.69) is 54.8 Å². The summed E-state index contributed by atoms with van der Waals surface area (Å²) in [5.74, 6) is 0.989. The van der Waals surface area contributed by atoms with E-state index in [0.717, 1.165) is 38.5 Å². The zero-order chi connectivity index (χ0) is 18.4. The molecule has 0 amide bonds. The molecule has 0 saturated carbocycles. The SMILES string of the molecule is CC(C)(C)c1ccc(OCCCCN2CCN(C3CCCO3)CC2)cc1. The summed E-state index contributed by atoms with van der Waals surface area (Å²) >= 11 is 0. The van der Waals surface area contributed by atoms with E-state index in [1.54, 1.807) is 0 Å². The molecule has 1 aromatic carbocycles. The summed E-state index contributed by atoms with van der Waals surface area (Å²) in [6.45, 7) is 14.3. The molecule has 0 N–H and O–H groups in total. The van der Waals surface area contributed by atoms with Crippen molar-refractivity contribution >= 4 is 0 Å². The molecule has 2 aliphatic rings. The van der Waals surface area contributed by atoms with Crippen molar-refractivity contribution in [1.29, 1.82) is 0 Å². The topological polar surface area (TPSA) is 24.9 Å². The van der Waals surface area contributed by atoms with E-state index in [4.69, 9.17) is 9.47 Å². The molecule has 3 rings (SSSR count). The van der Waals surface area contributed by atoms with E-state index in [1.807, 2.05) is 0 Å².